The molecule has 3 aromatic rings. The van der Waals surface area contributed by atoms with Crippen LogP contribution in [0.5, 0.6) is 0 Å². The summed E-state index contributed by atoms with van der Waals surface area (Å²) >= 11 is 0. The van der Waals surface area contributed by atoms with E-state index in [1.54, 1.807) is 13.3 Å². The monoisotopic (exact) mass is 429 g/mol. The van der Waals surface area contributed by atoms with Gasteiger partial charge in [0.2, 0.25) is 0 Å². The average molecular weight is 430 g/mol. The smallest absolute Gasteiger partial charge is 0.412 e. The Hall–Kier alpha value is -3.69. The number of methoxy groups -OCH3 is 1. The Morgan fingerprint density at radius 3 is 2.62 bits per heavy atom. The van der Waals surface area contributed by atoms with Crippen LogP contribution in [0.25, 0.3) is 22.0 Å². The highest BCUT2D eigenvalue weighted by Gasteiger charge is 2.21. The third-order valence-corrected chi connectivity index (χ3v) is 4.78. The van der Waals surface area contributed by atoms with Crippen LogP contribution in [0.3, 0.4) is 0 Å². The standard InChI is InChI=1S/C26H27N3O3/c1-17(15-27)12-20-13-18-9-10-19(23-8-6-7-11-28-23)14-21(18)24(22(20)16-31-5)29-25(30)32-26(2,3)4/h6-11,13-14H,1,12,16H2,2-5H3,(H,29,30). The molecule has 0 fully saturated rings. The summed E-state index contributed by atoms with van der Waals surface area (Å²) in [4.78, 5) is 17.2. The van der Waals surface area contributed by atoms with Crippen molar-refractivity contribution in [2.45, 2.75) is 39.4 Å². The lowest BCUT2D eigenvalue weighted by atomic mass is 9.93. The molecule has 3 rings (SSSR count). The van der Waals surface area contributed by atoms with Gasteiger partial charge in [-0.1, -0.05) is 30.8 Å². The highest BCUT2D eigenvalue weighted by molar-refractivity contribution is 6.04. The highest BCUT2D eigenvalue weighted by atomic mass is 16.6. The van der Waals surface area contributed by atoms with Crippen LogP contribution in [0, 0.1) is 11.3 Å². The molecular formula is C26H27N3O3. The SMILES string of the molecule is C=C(C#N)Cc1cc2ccc(-c3ccccn3)cc2c(NC(=O)OC(C)(C)C)c1COC. The number of nitrogens with zero attached hydrogens (tertiary/aromatic N) is 2. The Morgan fingerprint density at radius 1 is 1.22 bits per heavy atom. The molecule has 0 saturated carbocycles. The van der Waals surface area contributed by atoms with E-state index >= 15 is 0 Å². The first-order chi connectivity index (χ1) is 15.2. The van der Waals surface area contributed by atoms with Crippen LogP contribution >= 0.6 is 0 Å². The molecule has 0 aliphatic carbocycles. The molecule has 0 spiro atoms. The van der Waals surface area contributed by atoms with Crippen LogP contribution in [0.1, 0.15) is 31.9 Å². The van der Waals surface area contributed by atoms with E-state index in [-0.39, 0.29) is 6.61 Å². The number of anilines is 1. The Kier molecular flexibility index (Phi) is 6.92. The van der Waals surface area contributed by atoms with Crippen molar-refractivity contribution in [1.29, 1.82) is 5.26 Å². The first-order valence-corrected chi connectivity index (χ1v) is 10.3. The molecule has 0 radical (unpaired) electrons. The molecule has 1 heterocycles. The third kappa shape index (κ3) is 5.51. The molecule has 0 unspecified atom stereocenters. The van der Waals surface area contributed by atoms with Gasteiger partial charge >= 0.3 is 6.09 Å². The number of fused-ring (bicyclic) bond motifs is 1. The number of hydrogen-bond donors (Lipinski definition) is 1. The number of ether oxygens (including phenoxy) is 2. The molecule has 1 N–H and O–H groups in total. The summed E-state index contributed by atoms with van der Waals surface area (Å²) in [5.74, 6) is 0. The number of carbonyl (C=O) groups is 1. The second-order valence-electron chi connectivity index (χ2n) is 8.49. The van der Waals surface area contributed by atoms with E-state index < -0.39 is 11.7 Å². The van der Waals surface area contributed by atoms with Gasteiger partial charge in [0.15, 0.2) is 0 Å². The van der Waals surface area contributed by atoms with Crippen LogP contribution in [-0.2, 0) is 22.5 Å². The number of allylic oxidation sites excluding steroid dienone is 1. The number of pyridine rings is 1. The molecule has 2 aromatic carbocycles. The van der Waals surface area contributed by atoms with Gasteiger partial charge in [0, 0.05) is 41.8 Å². The van der Waals surface area contributed by atoms with Gasteiger partial charge < -0.3 is 9.47 Å². The number of amides is 1. The van der Waals surface area contributed by atoms with Crippen molar-refractivity contribution in [3.63, 3.8) is 0 Å². The number of nitriles is 1. The molecule has 0 bridgehead atoms. The van der Waals surface area contributed by atoms with E-state index in [0.29, 0.717) is 17.7 Å². The van der Waals surface area contributed by atoms with E-state index in [2.05, 4.69) is 22.9 Å². The van der Waals surface area contributed by atoms with Gasteiger partial charge in [0.1, 0.15) is 5.60 Å². The second kappa shape index (κ2) is 9.63. The van der Waals surface area contributed by atoms with Crippen molar-refractivity contribution in [3.8, 4) is 17.3 Å². The van der Waals surface area contributed by atoms with Crippen molar-refractivity contribution < 1.29 is 14.3 Å². The van der Waals surface area contributed by atoms with Crippen LogP contribution in [0.4, 0.5) is 10.5 Å². The molecule has 1 amide bonds. The summed E-state index contributed by atoms with van der Waals surface area (Å²) in [6.45, 7) is 9.51. The Morgan fingerprint density at radius 2 is 2.00 bits per heavy atom. The first kappa shape index (κ1) is 23.0. The number of hydrogen-bond acceptors (Lipinski definition) is 5. The highest BCUT2D eigenvalue weighted by Crippen LogP contribution is 2.35. The van der Waals surface area contributed by atoms with Gasteiger partial charge in [0.05, 0.1) is 24.1 Å². The number of rotatable bonds is 6. The lowest BCUT2D eigenvalue weighted by molar-refractivity contribution is 0.0635. The predicted molar refractivity (Wildman–Crippen MR) is 126 cm³/mol. The van der Waals surface area contributed by atoms with E-state index in [0.717, 1.165) is 33.2 Å². The molecule has 32 heavy (non-hydrogen) atoms. The molecule has 0 atom stereocenters. The maximum absolute atomic E-state index is 12.7. The summed E-state index contributed by atoms with van der Waals surface area (Å²) in [7, 11) is 1.59. The molecule has 0 aliphatic rings. The average Bonchev–Trinajstić information content (AvgIpc) is 2.75. The van der Waals surface area contributed by atoms with Crippen LogP contribution < -0.4 is 5.32 Å². The molecule has 6 nitrogen and oxygen atoms in total. The van der Waals surface area contributed by atoms with Crippen molar-refractivity contribution in [1.82, 2.24) is 4.98 Å². The van der Waals surface area contributed by atoms with E-state index in [4.69, 9.17) is 9.47 Å². The molecule has 164 valence electrons. The summed E-state index contributed by atoms with van der Waals surface area (Å²) in [5, 5.41) is 13.9. The fourth-order valence-electron chi connectivity index (χ4n) is 3.47. The fourth-order valence-corrected chi connectivity index (χ4v) is 3.47. The summed E-state index contributed by atoms with van der Waals surface area (Å²) in [5.41, 5.74) is 3.76. The van der Waals surface area contributed by atoms with Crippen LogP contribution in [-0.4, -0.2) is 23.8 Å². The molecular weight excluding hydrogens is 402 g/mol. The zero-order chi connectivity index (χ0) is 23.3. The van der Waals surface area contributed by atoms with Gasteiger partial charge in [-0.15, -0.1) is 0 Å². The number of aromatic nitrogens is 1. The minimum absolute atomic E-state index is 0.253. The van der Waals surface area contributed by atoms with Crippen molar-refractivity contribution in [3.05, 3.63) is 71.9 Å². The first-order valence-electron chi connectivity index (χ1n) is 10.3. The van der Waals surface area contributed by atoms with E-state index in [1.807, 2.05) is 63.2 Å². The van der Waals surface area contributed by atoms with Crippen molar-refractivity contribution in [2.24, 2.45) is 0 Å². The quantitative estimate of drug-likeness (QED) is 0.485. The minimum Gasteiger partial charge on any atom is -0.444 e. The van der Waals surface area contributed by atoms with Crippen molar-refractivity contribution >= 4 is 22.6 Å². The maximum Gasteiger partial charge on any atom is 0.412 e. The van der Waals surface area contributed by atoms with Gasteiger partial charge in [-0.25, -0.2) is 4.79 Å². The number of nitrogens with one attached hydrogen (secondary N) is 1. The minimum atomic E-state index is -0.646. The Labute approximate surface area is 188 Å². The fraction of sp³-hybridized carbons (Fsp3) is 0.269. The number of benzene rings is 2. The van der Waals surface area contributed by atoms with Crippen LogP contribution in [0.2, 0.25) is 0 Å². The zero-order valence-corrected chi connectivity index (χ0v) is 18.9. The third-order valence-electron chi connectivity index (χ3n) is 4.78. The summed E-state index contributed by atoms with van der Waals surface area (Å²) < 4.78 is 11.0. The van der Waals surface area contributed by atoms with Crippen LogP contribution in [0.15, 0.2) is 60.8 Å². The topological polar surface area (TPSA) is 84.2 Å². The lowest BCUT2D eigenvalue weighted by Gasteiger charge is -2.22. The molecule has 1 aromatic heterocycles. The summed E-state index contributed by atoms with van der Waals surface area (Å²) in [6, 6.07) is 15.8. The molecule has 0 saturated heterocycles. The van der Waals surface area contributed by atoms with Crippen molar-refractivity contribution in [2.75, 3.05) is 12.4 Å². The maximum atomic E-state index is 12.7. The molecule has 0 aliphatic heterocycles. The second-order valence-corrected chi connectivity index (χ2v) is 8.49. The normalized spacial score (nSPS) is 11.1. The lowest BCUT2D eigenvalue weighted by Crippen LogP contribution is -2.27. The summed E-state index contributed by atoms with van der Waals surface area (Å²) in [6.07, 6.45) is 1.54. The Bertz CT molecular complexity index is 1190. The molecule has 6 heteroatoms. The largest absolute Gasteiger partial charge is 0.444 e. The zero-order valence-electron chi connectivity index (χ0n) is 18.9. The Balaban J connectivity index is 2.22. The van der Waals surface area contributed by atoms with Gasteiger partial charge in [0.25, 0.3) is 0 Å². The van der Waals surface area contributed by atoms with Gasteiger partial charge in [-0.2, -0.15) is 5.26 Å². The van der Waals surface area contributed by atoms with E-state index in [1.165, 1.54) is 0 Å². The van der Waals surface area contributed by atoms with Gasteiger partial charge in [-0.05, 0) is 49.9 Å². The number of carbonyl (C=O) groups excluding carboxylic acids is 1. The predicted octanol–water partition coefficient (Wildman–Crippen LogP) is 6.02. The van der Waals surface area contributed by atoms with E-state index in [9.17, 15) is 10.1 Å². The van der Waals surface area contributed by atoms with Gasteiger partial charge in [-0.3, -0.25) is 10.3 Å².